The number of hydrogen-bond donors (Lipinski definition) is 0. The van der Waals surface area contributed by atoms with Gasteiger partial charge in [-0.25, -0.2) is 9.97 Å². The van der Waals surface area contributed by atoms with Crippen molar-refractivity contribution in [2.75, 3.05) is 18.0 Å². The summed E-state index contributed by atoms with van der Waals surface area (Å²) in [7, 11) is 2.05. The van der Waals surface area contributed by atoms with Gasteiger partial charge in [0.1, 0.15) is 5.52 Å². The molecule has 0 spiro atoms. The predicted molar refractivity (Wildman–Crippen MR) is 64.6 cm³/mol. The Bertz CT molecular complexity index is 497. The third-order valence-corrected chi connectivity index (χ3v) is 3.24. The maximum Gasteiger partial charge on any atom is 0.207 e. The Morgan fingerprint density at radius 2 is 2.00 bits per heavy atom. The fraction of sp³-hybridized carbons (Fsp3) is 0.500. The van der Waals surface area contributed by atoms with Crippen molar-refractivity contribution >= 4 is 17.1 Å². The molecule has 84 valence electrons. The number of anilines is 1. The molecule has 0 N–H and O–H groups in total. The quantitative estimate of drug-likeness (QED) is 0.730. The normalized spacial score (nSPS) is 16.9. The Morgan fingerprint density at radius 1 is 1.19 bits per heavy atom. The van der Waals surface area contributed by atoms with Crippen molar-refractivity contribution < 1.29 is 0 Å². The maximum atomic E-state index is 4.66. The highest BCUT2D eigenvalue weighted by atomic mass is 15.3. The van der Waals surface area contributed by atoms with Crippen molar-refractivity contribution in [1.29, 1.82) is 0 Å². The van der Waals surface area contributed by atoms with Crippen LogP contribution in [0.15, 0.2) is 18.3 Å². The second kappa shape index (κ2) is 3.77. The van der Waals surface area contributed by atoms with E-state index in [1.165, 1.54) is 19.3 Å². The molecule has 1 aliphatic heterocycles. The highest BCUT2D eigenvalue weighted by molar-refractivity contribution is 5.74. The van der Waals surface area contributed by atoms with Gasteiger partial charge in [-0.15, -0.1) is 0 Å². The van der Waals surface area contributed by atoms with Crippen LogP contribution in [-0.2, 0) is 7.05 Å². The van der Waals surface area contributed by atoms with E-state index in [0.29, 0.717) is 0 Å². The van der Waals surface area contributed by atoms with Crippen molar-refractivity contribution in [3.05, 3.63) is 18.3 Å². The standard InChI is InChI=1S/C12H16N4/c1-15-11-10(6-5-7-13-11)14-12(15)16-8-3-2-4-9-16/h5-7H,2-4,8-9H2,1H3. The lowest BCUT2D eigenvalue weighted by atomic mass is 10.1. The zero-order chi connectivity index (χ0) is 11.0. The lowest BCUT2D eigenvalue weighted by Crippen LogP contribution is -2.31. The van der Waals surface area contributed by atoms with Crippen LogP contribution in [0.5, 0.6) is 0 Å². The number of imidazole rings is 1. The van der Waals surface area contributed by atoms with Crippen molar-refractivity contribution in [2.24, 2.45) is 7.05 Å². The summed E-state index contributed by atoms with van der Waals surface area (Å²) >= 11 is 0. The molecule has 0 unspecified atom stereocenters. The Kier molecular flexibility index (Phi) is 2.27. The fourth-order valence-corrected chi connectivity index (χ4v) is 2.39. The van der Waals surface area contributed by atoms with Gasteiger partial charge in [0.15, 0.2) is 5.65 Å². The van der Waals surface area contributed by atoms with Crippen LogP contribution < -0.4 is 4.90 Å². The highest BCUT2D eigenvalue weighted by Crippen LogP contribution is 2.22. The van der Waals surface area contributed by atoms with E-state index in [4.69, 9.17) is 0 Å². The van der Waals surface area contributed by atoms with Gasteiger partial charge < -0.3 is 4.90 Å². The molecule has 3 rings (SSSR count). The van der Waals surface area contributed by atoms with Crippen molar-refractivity contribution in [1.82, 2.24) is 14.5 Å². The minimum Gasteiger partial charge on any atom is -0.342 e. The summed E-state index contributed by atoms with van der Waals surface area (Å²) in [5.74, 6) is 1.06. The summed E-state index contributed by atoms with van der Waals surface area (Å²) in [5.41, 5.74) is 1.97. The van der Waals surface area contributed by atoms with Crippen molar-refractivity contribution in [3.63, 3.8) is 0 Å². The summed E-state index contributed by atoms with van der Waals surface area (Å²) in [6.07, 6.45) is 5.72. The fourth-order valence-electron chi connectivity index (χ4n) is 2.39. The van der Waals surface area contributed by atoms with Gasteiger partial charge in [-0.2, -0.15) is 0 Å². The molecule has 0 radical (unpaired) electrons. The molecule has 0 aromatic carbocycles. The first-order valence-electron chi connectivity index (χ1n) is 5.88. The summed E-state index contributed by atoms with van der Waals surface area (Å²) in [6.45, 7) is 2.24. The molecule has 0 bridgehead atoms. The van der Waals surface area contributed by atoms with Crippen molar-refractivity contribution in [3.8, 4) is 0 Å². The van der Waals surface area contributed by atoms with E-state index in [9.17, 15) is 0 Å². The van der Waals surface area contributed by atoms with Gasteiger partial charge in [0.25, 0.3) is 0 Å². The SMILES string of the molecule is Cn1c(N2CCCCC2)nc2cccnc21. The van der Waals surface area contributed by atoms with Gasteiger partial charge in [-0.05, 0) is 31.4 Å². The molecule has 0 aliphatic carbocycles. The summed E-state index contributed by atoms with van der Waals surface area (Å²) in [4.78, 5) is 11.4. The van der Waals surface area contributed by atoms with E-state index in [-0.39, 0.29) is 0 Å². The van der Waals surface area contributed by atoms with Crippen LogP contribution in [0.3, 0.4) is 0 Å². The third kappa shape index (κ3) is 1.45. The van der Waals surface area contributed by atoms with Crippen LogP contribution in [-0.4, -0.2) is 27.6 Å². The number of aromatic nitrogens is 3. The highest BCUT2D eigenvalue weighted by Gasteiger charge is 2.17. The number of fused-ring (bicyclic) bond motifs is 1. The van der Waals surface area contributed by atoms with E-state index in [1.807, 2.05) is 25.4 Å². The van der Waals surface area contributed by atoms with Gasteiger partial charge >= 0.3 is 0 Å². The van der Waals surface area contributed by atoms with Gasteiger partial charge in [-0.3, -0.25) is 4.57 Å². The average Bonchev–Trinajstić information content (AvgIpc) is 2.69. The topological polar surface area (TPSA) is 34.0 Å². The number of nitrogens with zero attached hydrogens (tertiary/aromatic N) is 4. The second-order valence-electron chi connectivity index (χ2n) is 4.36. The van der Waals surface area contributed by atoms with E-state index in [2.05, 4.69) is 19.4 Å². The molecule has 0 saturated carbocycles. The molecule has 16 heavy (non-hydrogen) atoms. The van der Waals surface area contributed by atoms with Crippen LogP contribution >= 0.6 is 0 Å². The molecule has 1 fully saturated rings. The number of piperidine rings is 1. The Hall–Kier alpha value is -1.58. The summed E-state index contributed by atoms with van der Waals surface area (Å²) in [5, 5.41) is 0. The number of aryl methyl sites for hydroxylation is 1. The van der Waals surface area contributed by atoms with Gasteiger partial charge in [0, 0.05) is 26.3 Å². The monoisotopic (exact) mass is 216 g/mol. The van der Waals surface area contributed by atoms with Gasteiger partial charge in [-0.1, -0.05) is 0 Å². The summed E-state index contributed by atoms with van der Waals surface area (Å²) in [6, 6.07) is 3.96. The summed E-state index contributed by atoms with van der Waals surface area (Å²) < 4.78 is 2.10. The molecular formula is C12H16N4. The molecule has 2 aromatic heterocycles. The Morgan fingerprint density at radius 3 is 2.75 bits per heavy atom. The number of rotatable bonds is 1. The molecule has 2 aromatic rings. The molecule has 1 saturated heterocycles. The second-order valence-corrected chi connectivity index (χ2v) is 4.36. The molecule has 4 heteroatoms. The lowest BCUT2D eigenvalue weighted by Gasteiger charge is -2.27. The molecule has 0 amide bonds. The first-order chi connectivity index (χ1) is 7.86. The largest absolute Gasteiger partial charge is 0.342 e. The molecular weight excluding hydrogens is 200 g/mol. The predicted octanol–water partition coefficient (Wildman–Crippen LogP) is 1.96. The van der Waals surface area contributed by atoms with Crippen LogP contribution in [0, 0.1) is 0 Å². The van der Waals surface area contributed by atoms with E-state index in [0.717, 1.165) is 30.2 Å². The zero-order valence-electron chi connectivity index (χ0n) is 9.56. The average molecular weight is 216 g/mol. The lowest BCUT2D eigenvalue weighted by molar-refractivity contribution is 0.563. The van der Waals surface area contributed by atoms with Crippen molar-refractivity contribution in [2.45, 2.75) is 19.3 Å². The Balaban J connectivity index is 2.05. The van der Waals surface area contributed by atoms with Crippen LogP contribution in [0.4, 0.5) is 5.95 Å². The maximum absolute atomic E-state index is 4.66. The van der Waals surface area contributed by atoms with E-state index < -0.39 is 0 Å². The minimum atomic E-state index is 0.975. The zero-order valence-corrected chi connectivity index (χ0v) is 9.56. The molecule has 3 heterocycles. The van der Waals surface area contributed by atoms with Crippen LogP contribution in [0.2, 0.25) is 0 Å². The van der Waals surface area contributed by atoms with Crippen LogP contribution in [0.25, 0.3) is 11.2 Å². The minimum absolute atomic E-state index is 0.975. The first kappa shape index (κ1) is 9.63. The first-order valence-corrected chi connectivity index (χ1v) is 5.88. The van der Waals surface area contributed by atoms with Crippen LogP contribution in [0.1, 0.15) is 19.3 Å². The third-order valence-electron chi connectivity index (χ3n) is 3.24. The number of hydrogen-bond acceptors (Lipinski definition) is 3. The molecule has 1 aliphatic rings. The van der Waals surface area contributed by atoms with E-state index in [1.54, 1.807) is 0 Å². The molecule has 0 atom stereocenters. The Labute approximate surface area is 94.9 Å². The number of pyridine rings is 1. The van der Waals surface area contributed by atoms with Gasteiger partial charge in [0.2, 0.25) is 5.95 Å². The smallest absolute Gasteiger partial charge is 0.207 e. The van der Waals surface area contributed by atoms with E-state index >= 15 is 0 Å². The van der Waals surface area contributed by atoms with Gasteiger partial charge in [0.05, 0.1) is 0 Å². The molecule has 4 nitrogen and oxygen atoms in total.